The van der Waals surface area contributed by atoms with Gasteiger partial charge in [0.25, 0.3) is 0 Å². The summed E-state index contributed by atoms with van der Waals surface area (Å²) in [5.41, 5.74) is 0.674. The number of benzene rings is 1. The average molecular weight is 277 g/mol. The molecule has 0 saturated carbocycles. The van der Waals surface area contributed by atoms with Gasteiger partial charge >= 0.3 is 11.9 Å². The van der Waals surface area contributed by atoms with Gasteiger partial charge in [0.15, 0.2) is 0 Å². The maximum atomic E-state index is 11.9. The molecule has 1 N–H and O–H groups in total. The number of para-hydroxylation sites is 1. The zero-order valence-corrected chi connectivity index (χ0v) is 11.0. The van der Waals surface area contributed by atoms with Gasteiger partial charge in [0.2, 0.25) is 5.91 Å². The number of carbonyl (C=O) groups excluding carboxylic acids is 2. The summed E-state index contributed by atoms with van der Waals surface area (Å²) in [5.74, 6) is -2.56. The minimum atomic E-state index is -1.01. The third kappa shape index (κ3) is 2.64. The molecule has 20 heavy (non-hydrogen) atoms. The van der Waals surface area contributed by atoms with Crippen LogP contribution in [-0.2, 0) is 14.3 Å². The van der Waals surface area contributed by atoms with Crippen molar-refractivity contribution in [3.63, 3.8) is 0 Å². The maximum Gasteiger partial charge on any atom is 0.340 e. The second-order valence-electron chi connectivity index (χ2n) is 4.48. The molecule has 0 bridgehead atoms. The summed E-state index contributed by atoms with van der Waals surface area (Å²) in [5, 5.41) is 8.99. The fourth-order valence-corrected chi connectivity index (χ4v) is 2.20. The summed E-state index contributed by atoms with van der Waals surface area (Å²) < 4.78 is 4.94. The Morgan fingerprint density at radius 1 is 1.40 bits per heavy atom. The normalized spacial score (nSPS) is 18.1. The van der Waals surface area contributed by atoms with Crippen LogP contribution in [0, 0.1) is 5.92 Å². The number of hydrogen-bond acceptors (Lipinski definition) is 4. The average Bonchev–Trinajstić information content (AvgIpc) is 2.81. The van der Waals surface area contributed by atoms with E-state index >= 15 is 0 Å². The smallest absolute Gasteiger partial charge is 0.340 e. The minimum Gasteiger partial charge on any atom is -0.481 e. The quantitative estimate of drug-likeness (QED) is 0.839. The Kier molecular flexibility index (Phi) is 4.02. The van der Waals surface area contributed by atoms with Crippen molar-refractivity contribution in [1.82, 2.24) is 0 Å². The van der Waals surface area contributed by atoms with E-state index in [2.05, 4.69) is 0 Å². The third-order valence-corrected chi connectivity index (χ3v) is 3.16. The predicted molar refractivity (Wildman–Crippen MR) is 70.5 cm³/mol. The Morgan fingerprint density at radius 3 is 2.70 bits per heavy atom. The van der Waals surface area contributed by atoms with E-state index in [1.165, 1.54) is 4.90 Å². The molecule has 1 heterocycles. The van der Waals surface area contributed by atoms with E-state index in [1.54, 1.807) is 31.2 Å². The molecule has 0 radical (unpaired) electrons. The number of aliphatic carboxylic acids is 1. The maximum absolute atomic E-state index is 11.9. The lowest BCUT2D eigenvalue weighted by molar-refractivity contribution is -0.141. The fraction of sp³-hybridized carbons (Fsp3) is 0.357. The monoisotopic (exact) mass is 277 g/mol. The first-order chi connectivity index (χ1) is 9.54. The van der Waals surface area contributed by atoms with Gasteiger partial charge in [-0.05, 0) is 19.1 Å². The van der Waals surface area contributed by atoms with Gasteiger partial charge in [0, 0.05) is 13.0 Å². The Hall–Kier alpha value is -2.37. The highest BCUT2D eigenvalue weighted by Crippen LogP contribution is 2.28. The zero-order chi connectivity index (χ0) is 14.7. The number of esters is 1. The molecule has 2 rings (SSSR count). The number of rotatable bonds is 4. The molecule has 6 heteroatoms. The molecule has 1 aliphatic rings. The van der Waals surface area contributed by atoms with E-state index in [0.717, 1.165) is 0 Å². The summed E-state index contributed by atoms with van der Waals surface area (Å²) in [6.07, 6.45) is -0.0491. The third-order valence-electron chi connectivity index (χ3n) is 3.16. The van der Waals surface area contributed by atoms with Gasteiger partial charge < -0.3 is 14.7 Å². The summed E-state index contributed by atoms with van der Waals surface area (Å²) >= 11 is 0. The number of ether oxygens (including phenoxy) is 1. The van der Waals surface area contributed by atoms with Crippen LogP contribution in [0.1, 0.15) is 23.7 Å². The van der Waals surface area contributed by atoms with E-state index in [9.17, 15) is 14.4 Å². The molecule has 1 amide bonds. The second kappa shape index (κ2) is 5.73. The van der Waals surface area contributed by atoms with Gasteiger partial charge in [-0.15, -0.1) is 0 Å². The van der Waals surface area contributed by atoms with Crippen molar-refractivity contribution in [3.05, 3.63) is 29.8 Å². The summed E-state index contributed by atoms with van der Waals surface area (Å²) in [6.45, 7) is 2.01. The topological polar surface area (TPSA) is 83.9 Å². The molecule has 0 unspecified atom stereocenters. The molecule has 6 nitrogen and oxygen atoms in total. The Bertz CT molecular complexity index is 554. The van der Waals surface area contributed by atoms with Gasteiger partial charge in [-0.1, -0.05) is 12.1 Å². The molecule has 0 spiro atoms. The van der Waals surface area contributed by atoms with Crippen LogP contribution < -0.4 is 4.90 Å². The highest BCUT2D eigenvalue weighted by Gasteiger charge is 2.36. The molecule has 1 aromatic carbocycles. The van der Waals surface area contributed by atoms with Crippen molar-refractivity contribution in [2.75, 3.05) is 18.1 Å². The van der Waals surface area contributed by atoms with Crippen LogP contribution in [0.3, 0.4) is 0 Å². The summed E-state index contributed by atoms with van der Waals surface area (Å²) in [6, 6.07) is 6.55. The van der Waals surface area contributed by atoms with Crippen molar-refractivity contribution in [2.45, 2.75) is 13.3 Å². The number of amides is 1. The van der Waals surface area contributed by atoms with Gasteiger partial charge in [-0.2, -0.15) is 0 Å². The van der Waals surface area contributed by atoms with E-state index in [1.807, 2.05) is 0 Å². The molecule has 1 aromatic rings. The Balaban J connectivity index is 2.31. The first-order valence-electron chi connectivity index (χ1n) is 6.34. The van der Waals surface area contributed by atoms with Crippen LogP contribution in [0.25, 0.3) is 0 Å². The first kappa shape index (κ1) is 14.0. The number of nitrogens with zero attached hydrogens (tertiary/aromatic N) is 1. The van der Waals surface area contributed by atoms with Gasteiger partial charge in [-0.25, -0.2) is 4.79 Å². The fourth-order valence-electron chi connectivity index (χ4n) is 2.20. The molecular weight excluding hydrogens is 262 g/mol. The van der Waals surface area contributed by atoms with Gasteiger partial charge in [0.05, 0.1) is 23.8 Å². The molecule has 0 aliphatic carbocycles. The Morgan fingerprint density at radius 2 is 2.10 bits per heavy atom. The van der Waals surface area contributed by atoms with Crippen molar-refractivity contribution in [2.24, 2.45) is 5.92 Å². The molecular formula is C14H15NO5. The molecule has 1 aliphatic heterocycles. The van der Waals surface area contributed by atoms with E-state index in [-0.39, 0.29) is 31.0 Å². The van der Waals surface area contributed by atoms with Crippen LogP contribution in [0.15, 0.2) is 24.3 Å². The molecule has 106 valence electrons. The summed E-state index contributed by atoms with van der Waals surface area (Å²) in [4.78, 5) is 36.1. The van der Waals surface area contributed by atoms with Crippen molar-refractivity contribution < 1.29 is 24.2 Å². The van der Waals surface area contributed by atoms with Gasteiger partial charge in [0.1, 0.15) is 0 Å². The van der Waals surface area contributed by atoms with E-state index in [4.69, 9.17) is 9.84 Å². The largest absolute Gasteiger partial charge is 0.481 e. The van der Waals surface area contributed by atoms with Crippen LogP contribution in [-0.4, -0.2) is 36.1 Å². The zero-order valence-electron chi connectivity index (χ0n) is 11.0. The molecule has 1 atom stereocenters. The number of carboxylic acid groups (broad SMARTS) is 1. The second-order valence-corrected chi connectivity index (χ2v) is 4.48. The highest BCUT2D eigenvalue weighted by atomic mass is 16.5. The highest BCUT2D eigenvalue weighted by molar-refractivity contribution is 6.05. The molecule has 1 saturated heterocycles. The number of anilines is 1. The lowest BCUT2D eigenvalue weighted by Gasteiger charge is -2.19. The SMILES string of the molecule is CCOC(=O)c1ccccc1N1C[C@H](C(=O)O)CC1=O. The predicted octanol–water partition coefficient (Wildman–Crippen LogP) is 1.30. The molecule has 1 fully saturated rings. The lowest BCUT2D eigenvalue weighted by atomic mass is 10.1. The van der Waals surface area contributed by atoms with Crippen molar-refractivity contribution in [1.29, 1.82) is 0 Å². The number of carboxylic acids is 1. The number of hydrogen-bond donors (Lipinski definition) is 1. The van der Waals surface area contributed by atoms with Gasteiger partial charge in [-0.3, -0.25) is 9.59 Å². The van der Waals surface area contributed by atoms with Crippen LogP contribution in [0.2, 0.25) is 0 Å². The Labute approximate surface area is 115 Å². The van der Waals surface area contributed by atoms with Crippen molar-refractivity contribution in [3.8, 4) is 0 Å². The van der Waals surface area contributed by atoms with E-state index in [0.29, 0.717) is 5.69 Å². The van der Waals surface area contributed by atoms with Crippen LogP contribution in [0.4, 0.5) is 5.69 Å². The van der Waals surface area contributed by atoms with E-state index < -0.39 is 17.9 Å². The minimum absolute atomic E-state index is 0.0491. The first-order valence-corrected chi connectivity index (χ1v) is 6.34. The van der Waals surface area contributed by atoms with Crippen molar-refractivity contribution >= 4 is 23.5 Å². The summed E-state index contributed by atoms with van der Waals surface area (Å²) in [7, 11) is 0. The molecule has 0 aromatic heterocycles. The lowest BCUT2D eigenvalue weighted by Crippen LogP contribution is -2.27. The number of carbonyl (C=O) groups is 3. The standard InChI is InChI=1S/C14H15NO5/c1-2-20-14(19)10-5-3-4-6-11(10)15-8-9(13(17)18)7-12(15)16/h3-6,9H,2,7-8H2,1H3,(H,17,18)/t9-/m1/s1. The van der Waals surface area contributed by atoms with Crippen LogP contribution >= 0.6 is 0 Å². The van der Waals surface area contributed by atoms with Crippen LogP contribution in [0.5, 0.6) is 0 Å².